The lowest BCUT2D eigenvalue weighted by molar-refractivity contribution is -0.129. The molecule has 12 heavy (non-hydrogen) atoms. The molecule has 0 aromatic heterocycles. The van der Waals surface area contributed by atoms with E-state index in [9.17, 15) is 9.59 Å². The summed E-state index contributed by atoms with van der Waals surface area (Å²) in [5, 5.41) is 7.53. The molecule has 0 aromatic carbocycles. The lowest BCUT2D eigenvalue weighted by atomic mass is 10.1. The summed E-state index contributed by atoms with van der Waals surface area (Å²) < 4.78 is 0. The first-order valence-electron chi connectivity index (χ1n) is 3.03. The van der Waals surface area contributed by atoms with Crippen LogP contribution in [0, 0.1) is 0 Å². The number of rotatable bonds is 1. The largest absolute Gasteiger partial charge is 0.477 e. The molecule has 62 valence electrons. The molecule has 0 saturated heterocycles. The van der Waals surface area contributed by atoms with Crippen molar-refractivity contribution in [3.8, 4) is 0 Å². The molecular weight excluding hydrogens is 182 g/mol. The number of hydrogen-bond acceptors (Lipinski definition) is 3. The molecule has 4 nitrogen and oxygen atoms in total. The smallest absolute Gasteiger partial charge is 0.352 e. The molecule has 1 N–H and O–H groups in total. The Balaban J connectivity index is 3.06. The van der Waals surface area contributed by atoms with E-state index in [0.717, 1.165) is 0 Å². The van der Waals surface area contributed by atoms with Crippen LogP contribution < -0.4 is 0 Å². The zero-order chi connectivity index (χ0) is 9.14. The van der Waals surface area contributed by atoms with Gasteiger partial charge in [0.1, 0.15) is 17.0 Å². The van der Waals surface area contributed by atoms with Gasteiger partial charge in [-0.15, -0.1) is 11.6 Å². The van der Waals surface area contributed by atoms with Crippen LogP contribution in [0.15, 0.2) is 22.8 Å². The fourth-order valence-corrected chi connectivity index (χ4v) is 1.01. The van der Waals surface area contributed by atoms with Gasteiger partial charge in [-0.3, -0.25) is 4.99 Å². The van der Waals surface area contributed by atoms with Crippen molar-refractivity contribution in [1.82, 2.24) is 0 Å². The van der Waals surface area contributed by atoms with Crippen LogP contribution >= 0.6 is 11.6 Å². The van der Waals surface area contributed by atoms with Gasteiger partial charge in [0.2, 0.25) is 0 Å². The van der Waals surface area contributed by atoms with Gasteiger partial charge in [-0.25, -0.2) is 9.59 Å². The molecule has 0 radical (unpaired) electrons. The quantitative estimate of drug-likeness (QED) is 0.475. The van der Waals surface area contributed by atoms with E-state index in [2.05, 4.69) is 4.99 Å². The summed E-state index contributed by atoms with van der Waals surface area (Å²) >= 11 is 5.58. The standard InChI is InChI=1S/C7H4ClNO3/c8-5-4(3-10)1-2-9-6(5)7(11)12/h1-2,5H,(H,11,12). The Labute approximate surface area is 72.9 Å². The third kappa shape index (κ3) is 1.44. The van der Waals surface area contributed by atoms with E-state index < -0.39 is 11.3 Å². The van der Waals surface area contributed by atoms with Gasteiger partial charge in [0.25, 0.3) is 0 Å². The third-order valence-corrected chi connectivity index (χ3v) is 1.76. The van der Waals surface area contributed by atoms with Crippen molar-refractivity contribution >= 4 is 29.2 Å². The molecule has 0 amide bonds. The molecule has 0 aliphatic carbocycles. The zero-order valence-electron chi connectivity index (χ0n) is 5.82. The number of carbonyl (C=O) groups excluding carboxylic acids is 1. The molecule has 1 heterocycles. The molecule has 1 rings (SSSR count). The average molecular weight is 186 g/mol. The summed E-state index contributed by atoms with van der Waals surface area (Å²) in [7, 11) is 0. The van der Waals surface area contributed by atoms with E-state index in [1.54, 1.807) is 5.94 Å². The number of aliphatic carboxylic acids is 1. The number of carboxylic acid groups (broad SMARTS) is 1. The molecule has 0 bridgehead atoms. The maximum absolute atomic E-state index is 10.4. The first kappa shape index (κ1) is 8.71. The maximum atomic E-state index is 10.4. The first-order chi connectivity index (χ1) is 5.66. The lowest BCUT2D eigenvalue weighted by Crippen LogP contribution is -2.27. The van der Waals surface area contributed by atoms with E-state index in [4.69, 9.17) is 16.7 Å². The van der Waals surface area contributed by atoms with Crippen LogP contribution in [0.1, 0.15) is 0 Å². The topological polar surface area (TPSA) is 66.7 Å². The minimum atomic E-state index is -1.23. The van der Waals surface area contributed by atoms with Crippen molar-refractivity contribution in [2.75, 3.05) is 0 Å². The summed E-state index contributed by atoms with van der Waals surface area (Å²) in [6, 6.07) is 0. The van der Waals surface area contributed by atoms with E-state index in [1.807, 2.05) is 0 Å². The Hall–Kier alpha value is -1.38. The number of aliphatic imine (C=N–C) groups is 1. The summed E-state index contributed by atoms with van der Waals surface area (Å²) in [5.74, 6) is 0.313. The monoisotopic (exact) mass is 185 g/mol. The van der Waals surface area contributed by atoms with Gasteiger partial charge in [0, 0.05) is 6.20 Å². The van der Waals surface area contributed by atoms with Crippen molar-refractivity contribution in [1.29, 1.82) is 0 Å². The summed E-state index contributed by atoms with van der Waals surface area (Å²) in [5.41, 5.74) is -0.165. The molecule has 0 fully saturated rings. The van der Waals surface area contributed by atoms with Crippen LogP contribution in [-0.2, 0) is 9.59 Å². The van der Waals surface area contributed by atoms with Crippen LogP contribution in [0.2, 0.25) is 0 Å². The fourth-order valence-electron chi connectivity index (χ4n) is 0.744. The van der Waals surface area contributed by atoms with Gasteiger partial charge >= 0.3 is 5.97 Å². The highest BCUT2D eigenvalue weighted by molar-refractivity contribution is 6.51. The summed E-state index contributed by atoms with van der Waals surface area (Å²) in [6.07, 6.45) is 2.54. The maximum Gasteiger partial charge on any atom is 0.352 e. The van der Waals surface area contributed by atoms with Crippen molar-refractivity contribution < 1.29 is 14.7 Å². The molecule has 0 aromatic rings. The minimum Gasteiger partial charge on any atom is -0.477 e. The Morgan fingerprint density at radius 3 is 2.92 bits per heavy atom. The van der Waals surface area contributed by atoms with Gasteiger partial charge in [-0.05, 0) is 6.08 Å². The Bertz CT molecular complexity index is 326. The van der Waals surface area contributed by atoms with Crippen LogP contribution in [-0.4, -0.2) is 28.1 Å². The van der Waals surface area contributed by atoms with Crippen molar-refractivity contribution in [3.63, 3.8) is 0 Å². The first-order valence-corrected chi connectivity index (χ1v) is 3.47. The number of carbonyl (C=O) groups is 1. The van der Waals surface area contributed by atoms with Gasteiger partial charge < -0.3 is 5.11 Å². The highest BCUT2D eigenvalue weighted by Gasteiger charge is 2.25. The zero-order valence-corrected chi connectivity index (χ0v) is 6.58. The molecule has 5 heteroatoms. The van der Waals surface area contributed by atoms with Gasteiger partial charge in [0.05, 0.1) is 5.57 Å². The number of nitrogens with zero attached hydrogens (tertiary/aromatic N) is 1. The third-order valence-electron chi connectivity index (χ3n) is 1.32. The normalized spacial score (nSPS) is 21.6. The van der Waals surface area contributed by atoms with Crippen LogP contribution in [0.5, 0.6) is 0 Å². The molecule has 1 atom stereocenters. The van der Waals surface area contributed by atoms with Crippen molar-refractivity contribution in [3.05, 3.63) is 17.8 Å². The van der Waals surface area contributed by atoms with Gasteiger partial charge in [-0.2, -0.15) is 0 Å². The molecular formula is C7H4ClNO3. The second-order valence-electron chi connectivity index (χ2n) is 2.06. The van der Waals surface area contributed by atoms with Gasteiger partial charge in [0.15, 0.2) is 0 Å². The molecule has 1 aliphatic heterocycles. The highest BCUT2D eigenvalue weighted by atomic mass is 35.5. The van der Waals surface area contributed by atoms with E-state index >= 15 is 0 Å². The minimum absolute atomic E-state index is 0.0871. The van der Waals surface area contributed by atoms with Crippen LogP contribution in [0.4, 0.5) is 0 Å². The molecule has 1 aliphatic rings. The van der Waals surface area contributed by atoms with Crippen molar-refractivity contribution in [2.45, 2.75) is 5.38 Å². The molecule has 0 spiro atoms. The fraction of sp³-hybridized carbons (Fsp3) is 0.143. The summed E-state index contributed by atoms with van der Waals surface area (Å²) in [4.78, 5) is 24.1. The second kappa shape index (κ2) is 3.34. The number of alkyl halides is 1. The Kier molecular flexibility index (Phi) is 2.43. The van der Waals surface area contributed by atoms with E-state index in [0.29, 0.717) is 0 Å². The lowest BCUT2D eigenvalue weighted by Gasteiger charge is -2.09. The second-order valence-corrected chi connectivity index (χ2v) is 2.49. The molecule has 0 saturated carbocycles. The highest BCUT2D eigenvalue weighted by Crippen LogP contribution is 2.15. The number of allylic oxidation sites excluding steroid dienone is 2. The molecule has 1 unspecified atom stereocenters. The summed E-state index contributed by atoms with van der Waals surface area (Å²) in [6.45, 7) is 0. The predicted molar refractivity (Wildman–Crippen MR) is 43.1 cm³/mol. The van der Waals surface area contributed by atoms with Gasteiger partial charge in [-0.1, -0.05) is 0 Å². The SMILES string of the molecule is O=C=C1C=CN=C(C(=O)O)C1Cl. The number of halogens is 1. The van der Waals surface area contributed by atoms with E-state index in [1.165, 1.54) is 12.3 Å². The Morgan fingerprint density at radius 2 is 2.42 bits per heavy atom. The number of carboxylic acids is 1. The van der Waals surface area contributed by atoms with E-state index in [-0.39, 0.29) is 11.3 Å². The van der Waals surface area contributed by atoms with Crippen molar-refractivity contribution in [2.24, 2.45) is 4.99 Å². The Morgan fingerprint density at radius 1 is 1.75 bits per heavy atom. The average Bonchev–Trinajstić information content (AvgIpc) is 2.04. The predicted octanol–water partition coefficient (Wildman–Crippen LogP) is 0.405. The van der Waals surface area contributed by atoms with Crippen LogP contribution in [0.3, 0.4) is 0 Å². The van der Waals surface area contributed by atoms with Crippen LogP contribution in [0.25, 0.3) is 0 Å². The number of hydrogen-bond donors (Lipinski definition) is 1.